The van der Waals surface area contributed by atoms with Crippen LogP contribution in [0.3, 0.4) is 0 Å². The Labute approximate surface area is 81.3 Å². The van der Waals surface area contributed by atoms with Crippen LogP contribution in [-0.2, 0) is 4.79 Å². The number of nitrogen functional groups attached to an aromatic ring is 1. The van der Waals surface area contributed by atoms with E-state index >= 15 is 0 Å². The number of allylic oxidation sites excluding steroid dienone is 1. The van der Waals surface area contributed by atoms with Crippen LogP contribution in [0.1, 0.15) is 12.5 Å². The smallest absolute Gasteiger partial charge is 0.328 e. The molecule has 0 amide bonds. The number of hydrogen-bond donors (Lipinski definition) is 3. The maximum Gasteiger partial charge on any atom is 0.328 e. The highest BCUT2D eigenvalue weighted by Crippen LogP contribution is 2.26. The Morgan fingerprint density at radius 1 is 1.50 bits per heavy atom. The molecule has 0 spiro atoms. The Balaban J connectivity index is 3.14. The Morgan fingerprint density at radius 2 is 2.14 bits per heavy atom. The van der Waals surface area contributed by atoms with Crippen molar-refractivity contribution in [3.05, 3.63) is 29.8 Å². The van der Waals surface area contributed by atoms with Gasteiger partial charge in [-0.3, -0.25) is 0 Å². The summed E-state index contributed by atoms with van der Waals surface area (Å²) in [6.07, 6.45) is 1.03. The number of rotatable bonds is 2. The first-order valence-electron chi connectivity index (χ1n) is 4.01. The van der Waals surface area contributed by atoms with Crippen molar-refractivity contribution in [3.63, 3.8) is 0 Å². The van der Waals surface area contributed by atoms with Gasteiger partial charge in [0.05, 0.1) is 0 Å². The third kappa shape index (κ3) is 2.26. The number of aromatic hydroxyl groups is 1. The van der Waals surface area contributed by atoms with Crippen LogP contribution in [0, 0.1) is 0 Å². The largest absolute Gasteiger partial charge is 0.507 e. The van der Waals surface area contributed by atoms with Crippen molar-refractivity contribution in [2.45, 2.75) is 6.92 Å². The molecule has 4 nitrogen and oxygen atoms in total. The van der Waals surface area contributed by atoms with Crippen LogP contribution in [0.15, 0.2) is 24.3 Å². The van der Waals surface area contributed by atoms with Crippen molar-refractivity contribution in [3.8, 4) is 5.75 Å². The number of phenols is 1. The minimum Gasteiger partial charge on any atom is -0.507 e. The quantitative estimate of drug-likeness (QED) is 0.490. The van der Waals surface area contributed by atoms with Crippen LogP contribution >= 0.6 is 0 Å². The number of carboxylic acids is 1. The number of nitrogens with two attached hydrogens (primary N) is 1. The number of aliphatic carboxylic acids is 1. The SMILES string of the molecule is C/C(=C\C(=O)O)c1ccc(N)cc1O. The summed E-state index contributed by atoms with van der Waals surface area (Å²) < 4.78 is 0. The molecule has 4 N–H and O–H groups in total. The van der Waals surface area contributed by atoms with E-state index in [1.165, 1.54) is 6.07 Å². The van der Waals surface area contributed by atoms with E-state index < -0.39 is 5.97 Å². The highest BCUT2D eigenvalue weighted by atomic mass is 16.4. The number of benzene rings is 1. The van der Waals surface area contributed by atoms with Crippen LogP contribution in [0.4, 0.5) is 5.69 Å². The zero-order chi connectivity index (χ0) is 10.7. The summed E-state index contributed by atoms with van der Waals surface area (Å²) in [5.41, 5.74) is 6.83. The van der Waals surface area contributed by atoms with Gasteiger partial charge in [-0.25, -0.2) is 4.79 Å². The molecule has 1 rings (SSSR count). The number of carbonyl (C=O) groups is 1. The van der Waals surface area contributed by atoms with Gasteiger partial charge in [0.1, 0.15) is 5.75 Å². The van der Waals surface area contributed by atoms with Gasteiger partial charge in [-0.1, -0.05) is 0 Å². The molecule has 0 fully saturated rings. The van der Waals surface area contributed by atoms with Gasteiger partial charge >= 0.3 is 5.97 Å². The lowest BCUT2D eigenvalue weighted by molar-refractivity contribution is -0.131. The molecule has 0 atom stereocenters. The third-order valence-electron chi connectivity index (χ3n) is 1.79. The minimum absolute atomic E-state index is 0.0139. The number of carboxylic acid groups (broad SMARTS) is 1. The van der Waals surface area contributed by atoms with Gasteiger partial charge < -0.3 is 15.9 Å². The van der Waals surface area contributed by atoms with E-state index in [0.717, 1.165) is 6.08 Å². The second-order valence-electron chi connectivity index (χ2n) is 2.94. The Hall–Kier alpha value is -1.97. The van der Waals surface area contributed by atoms with Gasteiger partial charge in [0, 0.05) is 23.4 Å². The molecule has 74 valence electrons. The molecule has 0 aromatic heterocycles. The second-order valence-corrected chi connectivity index (χ2v) is 2.94. The Kier molecular flexibility index (Phi) is 2.76. The van der Waals surface area contributed by atoms with Crippen molar-refractivity contribution in [1.29, 1.82) is 0 Å². The average Bonchev–Trinajstić information content (AvgIpc) is 2.01. The molecular formula is C10H11NO3. The molecule has 0 unspecified atom stereocenters. The molecule has 14 heavy (non-hydrogen) atoms. The van der Waals surface area contributed by atoms with E-state index in [4.69, 9.17) is 10.8 Å². The first kappa shape index (κ1) is 10.1. The fourth-order valence-electron chi connectivity index (χ4n) is 1.15. The molecule has 0 saturated carbocycles. The fourth-order valence-corrected chi connectivity index (χ4v) is 1.15. The number of anilines is 1. The summed E-state index contributed by atoms with van der Waals surface area (Å²) in [6, 6.07) is 4.57. The highest BCUT2D eigenvalue weighted by Gasteiger charge is 2.04. The predicted molar refractivity (Wildman–Crippen MR) is 53.8 cm³/mol. The maximum atomic E-state index is 10.4. The van der Waals surface area contributed by atoms with E-state index in [1.807, 2.05) is 0 Å². The first-order valence-corrected chi connectivity index (χ1v) is 4.01. The summed E-state index contributed by atoms with van der Waals surface area (Å²) in [7, 11) is 0. The van der Waals surface area contributed by atoms with E-state index in [2.05, 4.69) is 0 Å². The van der Waals surface area contributed by atoms with Crippen LogP contribution in [0.25, 0.3) is 5.57 Å². The Morgan fingerprint density at radius 3 is 2.64 bits per heavy atom. The molecule has 1 aromatic carbocycles. The minimum atomic E-state index is -1.04. The van der Waals surface area contributed by atoms with Crippen molar-refractivity contribution >= 4 is 17.2 Å². The van der Waals surface area contributed by atoms with Crippen molar-refractivity contribution in [2.75, 3.05) is 5.73 Å². The van der Waals surface area contributed by atoms with E-state index in [9.17, 15) is 9.90 Å². The van der Waals surface area contributed by atoms with Gasteiger partial charge in [-0.2, -0.15) is 0 Å². The summed E-state index contributed by atoms with van der Waals surface area (Å²) in [5.74, 6) is -1.06. The zero-order valence-electron chi connectivity index (χ0n) is 7.69. The van der Waals surface area contributed by atoms with E-state index in [-0.39, 0.29) is 5.75 Å². The molecule has 0 aliphatic heterocycles. The average molecular weight is 193 g/mol. The zero-order valence-corrected chi connectivity index (χ0v) is 7.69. The molecule has 1 aromatic rings. The van der Waals surface area contributed by atoms with Gasteiger partial charge in [0.15, 0.2) is 0 Å². The van der Waals surface area contributed by atoms with E-state index in [0.29, 0.717) is 16.8 Å². The normalized spacial score (nSPS) is 11.4. The summed E-state index contributed by atoms with van der Waals surface area (Å²) >= 11 is 0. The molecule has 0 heterocycles. The van der Waals surface area contributed by atoms with Crippen LogP contribution in [-0.4, -0.2) is 16.2 Å². The van der Waals surface area contributed by atoms with Gasteiger partial charge in [0.25, 0.3) is 0 Å². The summed E-state index contributed by atoms with van der Waals surface area (Å²) in [5, 5.41) is 18.0. The molecule has 0 saturated heterocycles. The van der Waals surface area contributed by atoms with Gasteiger partial charge in [0.2, 0.25) is 0 Å². The summed E-state index contributed by atoms with van der Waals surface area (Å²) in [4.78, 5) is 10.4. The topological polar surface area (TPSA) is 83.5 Å². The predicted octanol–water partition coefficient (Wildman–Crippen LogP) is 1.46. The Bertz CT molecular complexity index is 396. The van der Waals surface area contributed by atoms with Crippen LogP contribution in [0.2, 0.25) is 0 Å². The van der Waals surface area contributed by atoms with Gasteiger partial charge in [-0.05, 0) is 24.6 Å². The number of hydrogen-bond acceptors (Lipinski definition) is 3. The van der Waals surface area contributed by atoms with Crippen molar-refractivity contribution in [1.82, 2.24) is 0 Å². The first-order chi connectivity index (χ1) is 6.50. The van der Waals surface area contributed by atoms with Crippen LogP contribution < -0.4 is 5.73 Å². The lowest BCUT2D eigenvalue weighted by Crippen LogP contribution is -1.91. The third-order valence-corrected chi connectivity index (χ3v) is 1.79. The molecular weight excluding hydrogens is 182 g/mol. The second kappa shape index (κ2) is 3.83. The lowest BCUT2D eigenvalue weighted by Gasteiger charge is -2.04. The molecule has 4 heteroatoms. The fraction of sp³-hybridized carbons (Fsp3) is 0.100. The molecule has 0 aliphatic rings. The molecule has 0 radical (unpaired) electrons. The standard InChI is InChI=1S/C10H11NO3/c1-6(4-10(13)14)8-3-2-7(11)5-9(8)12/h2-5,12H,11H2,1H3,(H,13,14)/b6-4+. The lowest BCUT2D eigenvalue weighted by atomic mass is 10.1. The van der Waals surface area contributed by atoms with Crippen molar-refractivity contribution < 1.29 is 15.0 Å². The molecule has 0 bridgehead atoms. The monoisotopic (exact) mass is 193 g/mol. The highest BCUT2D eigenvalue weighted by molar-refractivity contribution is 5.90. The molecule has 0 aliphatic carbocycles. The van der Waals surface area contributed by atoms with E-state index in [1.54, 1.807) is 19.1 Å². The van der Waals surface area contributed by atoms with Crippen molar-refractivity contribution in [2.24, 2.45) is 0 Å². The van der Waals surface area contributed by atoms with Crippen LogP contribution in [0.5, 0.6) is 5.75 Å². The maximum absolute atomic E-state index is 10.4. The summed E-state index contributed by atoms with van der Waals surface area (Å²) in [6.45, 7) is 1.61. The number of phenolic OH excluding ortho intramolecular Hbond substituents is 1. The van der Waals surface area contributed by atoms with Gasteiger partial charge in [-0.15, -0.1) is 0 Å².